The van der Waals surface area contributed by atoms with E-state index < -0.39 is 12.3 Å². The fourth-order valence-corrected chi connectivity index (χ4v) is 1.40. The summed E-state index contributed by atoms with van der Waals surface area (Å²) in [6.45, 7) is 1.30. The molecule has 1 aromatic carbocycles. The van der Waals surface area contributed by atoms with Crippen LogP contribution in [0, 0.1) is 0 Å². The maximum absolute atomic E-state index is 12.1. The van der Waals surface area contributed by atoms with Crippen molar-refractivity contribution < 1.29 is 23.0 Å². The molecule has 0 saturated carbocycles. The van der Waals surface area contributed by atoms with E-state index in [0.717, 1.165) is 6.07 Å². The van der Waals surface area contributed by atoms with Gasteiger partial charge < -0.3 is 9.84 Å². The molecule has 0 aliphatic rings. The number of benzene rings is 1. The van der Waals surface area contributed by atoms with E-state index in [9.17, 15) is 13.2 Å². The number of hydrogen-bond acceptors (Lipinski definition) is 2. The molecule has 0 radical (unpaired) electrons. The van der Waals surface area contributed by atoms with E-state index in [1.807, 2.05) is 0 Å². The number of aliphatic hydroxyl groups is 1. The van der Waals surface area contributed by atoms with Crippen molar-refractivity contribution in [2.24, 2.45) is 0 Å². The van der Waals surface area contributed by atoms with Crippen molar-refractivity contribution in [3.05, 3.63) is 28.8 Å². The van der Waals surface area contributed by atoms with Crippen LogP contribution in [0.2, 0.25) is 5.02 Å². The van der Waals surface area contributed by atoms with Crippen LogP contribution in [0.4, 0.5) is 13.2 Å². The molecular weight excluding hydrogens is 245 g/mol. The summed E-state index contributed by atoms with van der Waals surface area (Å²) >= 11 is 5.67. The smallest absolute Gasteiger partial charge is 0.405 e. The summed E-state index contributed by atoms with van der Waals surface area (Å²) in [7, 11) is 0. The lowest BCUT2D eigenvalue weighted by atomic mass is 10.0. The molecule has 0 aliphatic heterocycles. The van der Waals surface area contributed by atoms with Gasteiger partial charge in [-0.25, -0.2) is 0 Å². The van der Waals surface area contributed by atoms with Crippen LogP contribution in [0.3, 0.4) is 0 Å². The Morgan fingerprint density at radius 3 is 2.56 bits per heavy atom. The summed E-state index contributed by atoms with van der Waals surface area (Å²) in [5.74, 6) is -0.811. The zero-order valence-electron chi connectivity index (χ0n) is 8.38. The van der Waals surface area contributed by atoms with Crippen LogP contribution in [-0.4, -0.2) is 18.1 Å². The summed E-state index contributed by atoms with van der Waals surface area (Å²) in [6.07, 6.45) is -4.75. The van der Waals surface area contributed by atoms with Crippen LogP contribution >= 0.6 is 11.6 Å². The van der Waals surface area contributed by atoms with Crippen molar-refractivity contribution in [2.75, 3.05) is 6.61 Å². The summed E-state index contributed by atoms with van der Waals surface area (Å²) in [6, 6.07) is 3.79. The highest BCUT2D eigenvalue weighted by atomic mass is 35.5. The first-order chi connectivity index (χ1) is 7.33. The minimum atomic E-state index is -4.75. The van der Waals surface area contributed by atoms with Crippen molar-refractivity contribution in [1.29, 1.82) is 0 Å². The normalized spacial score (nSPS) is 13.6. The van der Waals surface area contributed by atoms with Crippen LogP contribution in [0.15, 0.2) is 18.2 Å². The van der Waals surface area contributed by atoms with Crippen LogP contribution < -0.4 is 4.74 Å². The molecule has 0 spiro atoms. The average Bonchev–Trinajstić information content (AvgIpc) is 2.17. The van der Waals surface area contributed by atoms with Crippen LogP contribution in [0.25, 0.3) is 0 Å². The molecule has 90 valence electrons. The van der Waals surface area contributed by atoms with Crippen molar-refractivity contribution in [2.45, 2.75) is 19.2 Å². The Kier molecular flexibility index (Phi) is 4.04. The zero-order valence-corrected chi connectivity index (χ0v) is 9.14. The first kappa shape index (κ1) is 13.1. The highest BCUT2D eigenvalue weighted by Gasteiger charge is 2.32. The monoisotopic (exact) mass is 254 g/mol. The van der Waals surface area contributed by atoms with Crippen molar-refractivity contribution in [1.82, 2.24) is 0 Å². The largest absolute Gasteiger partial charge is 0.573 e. The Bertz CT molecular complexity index is 366. The molecule has 0 aliphatic carbocycles. The molecule has 2 nitrogen and oxygen atoms in total. The molecule has 0 aromatic heterocycles. The first-order valence-corrected chi connectivity index (χ1v) is 4.87. The number of alkyl halides is 3. The van der Waals surface area contributed by atoms with Gasteiger partial charge in [0.15, 0.2) is 0 Å². The quantitative estimate of drug-likeness (QED) is 0.896. The second kappa shape index (κ2) is 4.93. The Balaban J connectivity index is 3.07. The Morgan fingerprint density at radius 2 is 2.06 bits per heavy atom. The van der Waals surface area contributed by atoms with Gasteiger partial charge in [0, 0.05) is 23.1 Å². The van der Waals surface area contributed by atoms with Gasteiger partial charge in [0.25, 0.3) is 0 Å². The van der Waals surface area contributed by atoms with E-state index in [-0.39, 0.29) is 17.9 Å². The third-order valence-electron chi connectivity index (χ3n) is 2.00. The van der Waals surface area contributed by atoms with Crippen LogP contribution in [0.1, 0.15) is 18.4 Å². The van der Waals surface area contributed by atoms with E-state index in [4.69, 9.17) is 16.7 Å². The van der Waals surface area contributed by atoms with Gasteiger partial charge in [-0.2, -0.15) is 0 Å². The minimum Gasteiger partial charge on any atom is -0.405 e. The van der Waals surface area contributed by atoms with E-state index in [1.165, 1.54) is 12.1 Å². The van der Waals surface area contributed by atoms with Crippen LogP contribution in [0.5, 0.6) is 5.75 Å². The van der Waals surface area contributed by atoms with E-state index in [0.29, 0.717) is 5.02 Å². The van der Waals surface area contributed by atoms with E-state index >= 15 is 0 Å². The zero-order chi connectivity index (χ0) is 12.3. The highest BCUT2D eigenvalue weighted by Crippen LogP contribution is 2.33. The van der Waals surface area contributed by atoms with Gasteiger partial charge in [-0.05, 0) is 18.2 Å². The van der Waals surface area contributed by atoms with Crippen molar-refractivity contribution in [3.8, 4) is 5.75 Å². The molecule has 1 unspecified atom stereocenters. The topological polar surface area (TPSA) is 29.5 Å². The fraction of sp³-hybridized carbons (Fsp3) is 0.400. The number of aliphatic hydroxyl groups excluding tert-OH is 1. The molecule has 1 aromatic rings. The standard InChI is InChI=1S/C10H10ClF3O2/c1-6(5-15)8-4-7(11)2-3-9(8)16-10(12,13)14/h2-4,6,15H,5H2,1H3. The number of ether oxygens (including phenoxy) is 1. The van der Waals surface area contributed by atoms with Gasteiger partial charge in [-0.15, -0.1) is 13.2 Å². The molecule has 0 amide bonds. The molecule has 1 rings (SSSR count). The summed E-state index contributed by atoms with van der Waals surface area (Å²) in [5.41, 5.74) is 0.229. The van der Waals surface area contributed by atoms with Crippen LogP contribution in [-0.2, 0) is 0 Å². The average molecular weight is 255 g/mol. The molecular formula is C10H10ClF3O2. The molecule has 0 bridgehead atoms. The predicted octanol–water partition coefficient (Wildman–Crippen LogP) is 3.33. The van der Waals surface area contributed by atoms with Gasteiger partial charge in [0.2, 0.25) is 0 Å². The molecule has 0 saturated heterocycles. The Labute approximate surface area is 95.6 Å². The maximum atomic E-state index is 12.1. The number of rotatable bonds is 3. The molecule has 6 heteroatoms. The summed E-state index contributed by atoms with van der Waals surface area (Å²) in [5, 5.41) is 9.22. The second-order valence-corrected chi connectivity index (χ2v) is 3.75. The fourth-order valence-electron chi connectivity index (χ4n) is 1.22. The number of halogens is 4. The molecule has 0 heterocycles. The molecule has 0 fully saturated rings. The van der Waals surface area contributed by atoms with E-state index in [2.05, 4.69) is 4.74 Å². The SMILES string of the molecule is CC(CO)c1cc(Cl)ccc1OC(F)(F)F. The van der Waals surface area contributed by atoms with E-state index in [1.54, 1.807) is 6.92 Å². The molecule has 1 atom stereocenters. The van der Waals surface area contributed by atoms with Gasteiger partial charge >= 0.3 is 6.36 Å². The van der Waals surface area contributed by atoms with Crippen molar-refractivity contribution in [3.63, 3.8) is 0 Å². The lowest BCUT2D eigenvalue weighted by Crippen LogP contribution is -2.18. The van der Waals surface area contributed by atoms with Crippen molar-refractivity contribution >= 4 is 11.6 Å². The Hall–Kier alpha value is -0.940. The van der Waals surface area contributed by atoms with Gasteiger partial charge in [-0.1, -0.05) is 18.5 Å². The third kappa shape index (κ3) is 3.57. The number of hydrogen-bond donors (Lipinski definition) is 1. The summed E-state index contributed by atoms with van der Waals surface area (Å²) < 4.78 is 40.1. The summed E-state index contributed by atoms with van der Waals surface area (Å²) in [4.78, 5) is 0. The first-order valence-electron chi connectivity index (χ1n) is 4.49. The molecule has 1 N–H and O–H groups in total. The van der Waals surface area contributed by atoms with Gasteiger partial charge in [-0.3, -0.25) is 0 Å². The predicted molar refractivity (Wildman–Crippen MR) is 53.6 cm³/mol. The molecule has 16 heavy (non-hydrogen) atoms. The maximum Gasteiger partial charge on any atom is 0.573 e. The lowest BCUT2D eigenvalue weighted by molar-refractivity contribution is -0.275. The lowest BCUT2D eigenvalue weighted by Gasteiger charge is -2.16. The van der Waals surface area contributed by atoms with Gasteiger partial charge in [0.1, 0.15) is 5.75 Å². The van der Waals surface area contributed by atoms with Gasteiger partial charge in [0.05, 0.1) is 0 Å². The minimum absolute atomic E-state index is 0.229. The Morgan fingerprint density at radius 1 is 1.44 bits per heavy atom. The third-order valence-corrected chi connectivity index (χ3v) is 2.24. The highest BCUT2D eigenvalue weighted by molar-refractivity contribution is 6.30. The second-order valence-electron chi connectivity index (χ2n) is 3.31.